The fraction of sp³-hybridized carbons (Fsp3) is 0.286. The SMILES string of the molecule is C[C@H](CN1Cc2ccccc2C1)NC(=O)c1ccc(-c2noc(C(F)(F)F)n2)cc1. The number of hydrogen-bond acceptors (Lipinski definition) is 5. The Hall–Kier alpha value is -3.20. The summed E-state index contributed by atoms with van der Waals surface area (Å²) in [7, 11) is 0. The molecule has 2 aromatic carbocycles. The third-order valence-electron chi connectivity index (χ3n) is 4.89. The lowest BCUT2D eigenvalue weighted by atomic mass is 10.1. The fourth-order valence-electron chi connectivity index (χ4n) is 3.50. The molecule has 1 N–H and O–H groups in total. The second kappa shape index (κ2) is 7.91. The number of carbonyl (C=O) groups is 1. The average molecular weight is 416 g/mol. The van der Waals surface area contributed by atoms with E-state index < -0.39 is 12.1 Å². The highest BCUT2D eigenvalue weighted by molar-refractivity contribution is 5.94. The first kappa shape index (κ1) is 20.1. The Morgan fingerprint density at radius 1 is 1.13 bits per heavy atom. The summed E-state index contributed by atoms with van der Waals surface area (Å²) in [6.07, 6.45) is -4.70. The molecule has 1 aromatic heterocycles. The number of hydrogen-bond donors (Lipinski definition) is 1. The number of alkyl halides is 3. The molecule has 0 aliphatic carbocycles. The number of nitrogens with zero attached hydrogens (tertiary/aromatic N) is 3. The highest BCUT2D eigenvalue weighted by Gasteiger charge is 2.38. The maximum absolute atomic E-state index is 12.6. The molecule has 0 fully saturated rings. The molecule has 9 heteroatoms. The van der Waals surface area contributed by atoms with Gasteiger partial charge in [0.1, 0.15) is 0 Å². The van der Waals surface area contributed by atoms with Gasteiger partial charge in [-0.1, -0.05) is 41.6 Å². The predicted octanol–water partition coefficient (Wildman–Crippen LogP) is 3.89. The lowest BCUT2D eigenvalue weighted by Crippen LogP contribution is -2.40. The molecule has 0 spiro atoms. The average Bonchev–Trinajstić information content (AvgIpc) is 3.34. The van der Waals surface area contributed by atoms with Gasteiger partial charge in [-0.3, -0.25) is 9.69 Å². The van der Waals surface area contributed by atoms with Gasteiger partial charge in [0, 0.05) is 36.8 Å². The van der Waals surface area contributed by atoms with E-state index in [9.17, 15) is 18.0 Å². The summed E-state index contributed by atoms with van der Waals surface area (Å²) in [6, 6.07) is 14.2. The molecule has 1 amide bonds. The zero-order valence-electron chi connectivity index (χ0n) is 16.1. The van der Waals surface area contributed by atoms with Crippen LogP contribution in [0, 0.1) is 0 Å². The topological polar surface area (TPSA) is 71.3 Å². The fourth-order valence-corrected chi connectivity index (χ4v) is 3.50. The van der Waals surface area contributed by atoms with Crippen molar-refractivity contribution in [2.24, 2.45) is 0 Å². The van der Waals surface area contributed by atoms with Gasteiger partial charge >= 0.3 is 12.1 Å². The van der Waals surface area contributed by atoms with Gasteiger partial charge in [-0.2, -0.15) is 18.2 Å². The molecule has 2 heterocycles. The van der Waals surface area contributed by atoms with E-state index in [0.717, 1.165) is 13.1 Å². The molecule has 30 heavy (non-hydrogen) atoms. The first-order valence-corrected chi connectivity index (χ1v) is 9.41. The van der Waals surface area contributed by atoms with E-state index in [-0.39, 0.29) is 17.8 Å². The molecule has 0 unspecified atom stereocenters. The molecule has 0 bridgehead atoms. The first-order valence-electron chi connectivity index (χ1n) is 9.41. The van der Waals surface area contributed by atoms with Gasteiger partial charge in [-0.15, -0.1) is 0 Å². The number of carbonyl (C=O) groups excluding carboxylic acids is 1. The van der Waals surface area contributed by atoms with Gasteiger partial charge in [0.05, 0.1) is 0 Å². The largest absolute Gasteiger partial charge is 0.471 e. The quantitative estimate of drug-likeness (QED) is 0.683. The highest BCUT2D eigenvalue weighted by Crippen LogP contribution is 2.29. The summed E-state index contributed by atoms with van der Waals surface area (Å²) in [6.45, 7) is 4.36. The second-order valence-electron chi connectivity index (χ2n) is 7.31. The molecule has 0 radical (unpaired) electrons. The van der Waals surface area contributed by atoms with Crippen LogP contribution in [0.4, 0.5) is 13.2 Å². The summed E-state index contributed by atoms with van der Waals surface area (Å²) >= 11 is 0. The van der Waals surface area contributed by atoms with Crippen LogP contribution in [0.15, 0.2) is 53.1 Å². The number of nitrogens with one attached hydrogen (secondary N) is 1. The maximum atomic E-state index is 12.6. The highest BCUT2D eigenvalue weighted by atomic mass is 19.4. The van der Waals surface area contributed by atoms with Crippen LogP contribution in [0.2, 0.25) is 0 Å². The Balaban J connectivity index is 1.34. The zero-order chi connectivity index (χ0) is 21.3. The van der Waals surface area contributed by atoms with E-state index in [2.05, 4.69) is 37.0 Å². The Morgan fingerprint density at radius 3 is 2.33 bits per heavy atom. The summed E-state index contributed by atoms with van der Waals surface area (Å²) < 4.78 is 42.0. The monoisotopic (exact) mass is 416 g/mol. The van der Waals surface area contributed by atoms with Crippen LogP contribution in [0.25, 0.3) is 11.4 Å². The van der Waals surface area contributed by atoms with E-state index in [4.69, 9.17) is 0 Å². The molecule has 1 aliphatic heterocycles. The van der Waals surface area contributed by atoms with Gasteiger partial charge in [0.2, 0.25) is 5.82 Å². The van der Waals surface area contributed by atoms with Crippen molar-refractivity contribution in [2.75, 3.05) is 6.54 Å². The van der Waals surface area contributed by atoms with E-state index >= 15 is 0 Å². The summed E-state index contributed by atoms with van der Waals surface area (Å²) in [4.78, 5) is 18.1. The van der Waals surface area contributed by atoms with E-state index in [0.29, 0.717) is 17.7 Å². The number of fused-ring (bicyclic) bond motifs is 1. The van der Waals surface area contributed by atoms with E-state index in [1.165, 1.54) is 35.4 Å². The van der Waals surface area contributed by atoms with Crippen molar-refractivity contribution in [3.8, 4) is 11.4 Å². The van der Waals surface area contributed by atoms with Gasteiger partial charge < -0.3 is 9.84 Å². The van der Waals surface area contributed by atoms with Crippen molar-refractivity contribution in [1.82, 2.24) is 20.4 Å². The predicted molar refractivity (Wildman–Crippen MR) is 102 cm³/mol. The van der Waals surface area contributed by atoms with Crippen molar-refractivity contribution in [3.63, 3.8) is 0 Å². The maximum Gasteiger partial charge on any atom is 0.471 e. The number of benzene rings is 2. The van der Waals surface area contributed by atoms with Crippen molar-refractivity contribution < 1.29 is 22.5 Å². The molecule has 1 atom stereocenters. The molecule has 3 aromatic rings. The van der Waals surface area contributed by atoms with Crippen molar-refractivity contribution in [1.29, 1.82) is 0 Å². The number of aromatic nitrogens is 2. The molecular formula is C21H19F3N4O2. The Kier molecular flexibility index (Phi) is 5.29. The molecule has 0 saturated heterocycles. The third-order valence-corrected chi connectivity index (χ3v) is 4.89. The Morgan fingerprint density at radius 2 is 1.77 bits per heavy atom. The van der Waals surface area contributed by atoms with Crippen LogP contribution < -0.4 is 5.32 Å². The summed E-state index contributed by atoms with van der Waals surface area (Å²) in [5.74, 6) is -1.84. The number of rotatable bonds is 5. The standard InChI is InChI=1S/C21H19F3N4O2/c1-13(10-28-11-16-4-2-3-5-17(16)12-28)25-19(29)15-8-6-14(7-9-15)18-26-20(30-27-18)21(22,23)24/h2-9,13H,10-12H2,1H3,(H,25,29)/t13-/m1/s1. The van der Waals surface area contributed by atoms with Crippen molar-refractivity contribution in [2.45, 2.75) is 32.2 Å². The van der Waals surface area contributed by atoms with Gasteiger partial charge in [0.15, 0.2) is 0 Å². The van der Waals surface area contributed by atoms with Crippen LogP contribution in [-0.4, -0.2) is 33.5 Å². The van der Waals surface area contributed by atoms with Crippen LogP contribution >= 0.6 is 0 Å². The summed E-state index contributed by atoms with van der Waals surface area (Å²) in [5, 5.41) is 6.29. The minimum absolute atomic E-state index is 0.0713. The lowest BCUT2D eigenvalue weighted by Gasteiger charge is -2.21. The number of halogens is 3. The molecule has 0 saturated carbocycles. The number of amides is 1. The Bertz CT molecular complexity index is 1020. The summed E-state index contributed by atoms with van der Waals surface area (Å²) in [5.41, 5.74) is 3.34. The Labute approximate surface area is 170 Å². The van der Waals surface area contributed by atoms with Gasteiger partial charge in [-0.25, -0.2) is 0 Å². The van der Waals surface area contributed by atoms with Crippen molar-refractivity contribution >= 4 is 5.91 Å². The van der Waals surface area contributed by atoms with E-state index in [1.54, 1.807) is 0 Å². The molecule has 4 rings (SSSR count). The molecular weight excluding hydrogens is 397 g/mol. The van der Waals surface area contributed by atoms with E-state index in [1.807, 2.05) is 19.1 Å². The smallest absolute Gasteiger partial charge is 0.348 e. The van der Waals surface area contributed by atoms with Crippen LogP contribution in [0.1, 0.15) is 34.3 Å². The minimum atomic E-state index is -4.70. The minimum Gasteiger partial charge on any atom is -0.348 e. The zero-order valence-corrected chi connectivity index (χ0v) is 16.1. The van der Waals surface area contributed by atoms with Gasteiger partial charge in [-0.05, 0) is 30.2 Å². The van der Waals surface area contributed by atoms with Crippen LogP contribution in [-0.2, 0) is 19.3 Å². The first-order chi connectivity index (χ1) is 14.3. The molecule has 156 valence electrons. The third kappa shape index (κ3) is 4.35. The second-order valence-corrected chi connectivity index (χ2v) is 7.31. The lowest BCUT2D eigenvalue weighted by molar-refractivity contribution is -0.159. The van der Waals surface area contributed by atoms with Gasteiger partial charge in [0.25, 0.3) is 5.91 Å². The molecule has 6 nitrogen and oxygen atoms in total. The molecule has 1 aliphatic rings. The normalized spacial score (nSPS) is 15.1. The van der Waals surface area contributed by atoms with Crippen molar-refractivity contribution in [3.05, 3.63) is 71.1 Å². The van der Waals surface area contributed by atoms with Crippen LogP contribution in [0.3, 0.4) is 0 Å². The van der Waals surface area contributed by atoms with Crippen LogP contribution in [0.5, 0.6) is 0 Å².